The maximum Gasteiger partial charge on any atom is 0.306 e. The third-order valence-electron chi connectivity index (χ3n) is 10.7. The van der Waals surface area contributed by atoms with E-state index in [-0.39, 0.29) is 12.1 Å². The SMILES string of the molecule is CCCCCCCCCCCC(=O)OC1Cc2c(C)c(O)c(C)c(C)c2O[C@@]1(C)CCC[C@H](C)CCC[C@@H](C)CCCC(C)C. The number of benzene rings is 1. The van der Waals surface area contributed by atoms with Crippen molar-refractivity contribution in [1.29, 1.82) is 0 Å². The Labute approximate surface area is 278 Å². The highest BCUT2D eigenvalue weighted by Crippen LogP contribution is 2.45. The summed E-state index contributed by atoms with van der Waals surface area (Å²) in [6.45, 7) is 19.8. The molecule has 4 heteroatoms. The second-order valence-electron chi connectivity index (χ2n) is 15.6. The molecule has 0 amide bonds. The van der Waals surface area contributed by atoms with Gasteiger partial charge in [0, 0.05) is 18.4 Å². The van der Waals surface area contributed by atoms with E-state index in [2.05, 4.69) is 41.5 Å². The molecule has 0 aromatic heterocycles. The number of hydrogen-bond donors (Lipinski definition) is 1. The average Bonchev–Trinajstić information content (AvgIpc) is 2.98. The number of esters is 1. The van der Waals surface area contributed by atoms with Gasteiger partial charge in [-0.2, -0.15) is 0 Å². The van der Waals surface area contributed by atoms with Gasteiger partial charge < -0.3 is 14.6 Å². The molecule has 0 radical (unpaired) electrons. The van der Waals surface area contributed by atoms with E-state index in [0.717, 1.165) is 65.5 Å². The number of aromatic hydroxyl groups is 1. The van der Waals surface area contributed by atoms with Crippen molar-refractivity contribution in [3.05, 3.63) is 22.3 Å². The Hall–Kier alpha value is -1.71. The lowest BCUT2D eigenvalue weighted by Gasteiger charge is -2.43. The van der Waals surface area contributed by atoms with E-state index in [1.54, 1.807) is 0 Å². The third-order valence-corrected chi connectivity index (χ3v) is 10.7. The van der Waals surface area contributed by atoms with Crippen molar-refractivity contribution >= 4 is 5.97 Å². The molecule has 0 saturated heterocycles. The number of ether oxygens (including phenoxy) is 2. The summed E-state index contributed by atoms with van der Waals surface area (Å²) in [4.78, 5) is 13.1. The molecule has 1 aromatic rings. The van der Waals surface area contributed by atoms with Gasteiger partial charge in [-0.3, -0.25) is 4.79 Å². The van der Waals surface area contributed by atoms with Crippen LogP contribution in [0.1, 0.15) is 186 Å². The zero-order valence-corrected chi connectivity index (χ0v) is 31.1. The Kier molecular flexibility index (Phi) is 18.0. The molecule has 4 nitrogen and oxygen atoms in total. The summed E-state index contributed by atoms with van der Waals surface area (Å²) >= 11 is 0. The lowest BCUT2D eigenvalue weighted by atomic mass is 9.81. The van der Waals surface area contributed by atoms with Gasteiger partial charge >= 0.3 is 5.97 Å². The molecule has 4 atom stereocenters. The smallest absolute Gasteiger partial charge is 0.306 e. The molecule has 0 fully saturated rings. The van der Waals surface area contributed by atoms with Crippen LogP contribution in [0, 0.1) is 38.5 Å². The molecule has 1 aliphatic heterocycles. The second kappa shape index (κ2) is 20.5. The number of rotatable bonds is 23. The zero-order chi connectivity index (χ0) is 33.4. The summed E-state index contributed by atoms with van der Waals surface area (Å²) in [7, 11) is 0. The Morgan fingerprint density at radius 2 is 1.31 bits per heavy atom. The fraction of sp³-hybridized carbons (Fsp3) is 0.829. The number of phenols is 1. The van der Waals surface area contributed by atoms with Crippen molar-refractivity contribution in [2.75, 3.05) is 0 Å². The van der Waals surface area contributed by atoms with Gasteiger partial charge in [0.1, 0.15) is 23.2 Å². The monoisotopic (exact) mass is 629 g/mol. The molecule has 260 valence electrons. The summed E-state index contributed by atoms with van der Waals surface area (Å²) < 4.78 is 13.1. The number of hydrogen-bond acceptors (Lipinski definition) is 4. The Bertz CT molecular complexity index is 998. The van der Waals surface area contributed by atoms with E-state index in [9.17, 15) is 9.90 Å². The van der Waals surface area contributed by atoms with Crippen LogP contribution in [0.25, 0.3) is 0 Å². The van der Waals surface area contributed by atoms with E-state index >= 15 is 0 Å². The van der Waals surface area contributed by atoms with Crippen molar-refractivity contribution < 1.29 is 19.4 Å². The molecule has 1 aromatic carbocycles. The summed E-state index contributed by atoms with van der Waals surface area (Å²) in [6.07, 6.45) is 22.9. The molecule has 0 bridgehead atoms. The Balaban J connectivity index is 1.93. The number of carbonyl (C=O) groups excluding carboxylic acids is 1. The topological polar surface area (TPSA) is 55.8 Å². The van der Waals surface area contributed by atoms with Crippen LogP contribution in [0.2, 0.25) is 0 Å². The normalized spacial score (nSPS) is 19.3. The minimum Gasteiger partial charge on any atom is -0.507 e. The first kappa shape index (κ1) is 39.5. The predicted octanol–water partition coefficient (Wildman–Crippen LogP) is 12.3. The molecule has 1 heterocycles. The van der Waals surface area contributed by atoms with Crippen LogP contribution in [0.3, 0.4) is 0 Å². The summed E-state index contributed by atoms with van der Waals surface area (Å²) in [5, 5.41) is 10.8. The van der Waals surface area contributed by atoms with Crippen molar-refractivity contribution in [3.63, 3.8) is 0 Å². The summed E-state index contributed by atoms with van der Waals surface area (Å²) in [5.41, 5.74) is 3.13. The molecule has 0 spiro atoms. The quantitative estimate of drug-likeness (QED) is 0.0967. The molecular weight excluding hydrogens is 556 g/mol. The van der Waals surface area contributed by atoms with E-state index in [0.29, 0.717) is 24.5 Å². The first-order valence-corrected chi connectivity index (χ1v) is 19.1. The largest absolute Gasteiger partial charge is 0.507 e. The number of phenolic OH excluding ortho intramolecular Hbond substituents is 1. The number of carbonyl (C=O) groups is 1. The fourth-order valence-corrected chi connectivity index (χ4v) is 7.21. The minimum absolute atomic E-state index is 0.109. The molecule has 0 aliphatic carbocycles. The Morgan fingerprint density at radius 1 is 0.778 bits per heavy atom. The van der Waals surface area contributed by atoms with Gasteiger partial charge in [0.15, 0.2) is 0 Å². The van der Waals surface area contributed by atoms with Crippen LogP contribution in [-0.2, 0) is 16.0 Å². The number of fused-ring (bicyclic) bond motifs is 1. The number of unbranched alkanes of at least 4 members (excludes halogenated alkanes) is 8. The highest BCUT2D eigenvalue weighted by atomic mass is 16.6. The zero-order valence-electron chi connectivity index (χ0n) is 31.1. The first-order chi connectivity index (χ1) is 21.4. The molecule has 1 N–H and O–H groups in total. The summed E-state index contributed by atoms with van der Waals surface area (Å²) in [6, 6.07) is 0. The highest BCUT2D eigenvalue weighted by molar-refractivity contribution is 5.70. The average molecular weight is 629 g/mol. The minimum atomic E-state index is -0.577. The lowest BCUT2D eigenvalue weighted by molar-refractivity contribution is -0.163. The van der Waals surface area contributed by atoms with Crippen molar-refractivity contribution in [2.24, 2.45) is 17.8 Å². The molecule has 45 heavy (non-hydrogen) atoms. The van der Waals surface area contributed by atoms with Crippen molar-refractivity contribution in [3.8, 4) is 11.5 Å². The summed E-state index contributed by atoms with van der Waals surface area (Å²) in [5.74, 6) is 3.43. The van der Waals surface area contributed by atoms with Gasteiger partial charge in [-0.1, -0.05) is 131 Å². The van der Waals surface area contributed by atoms with Crippen molar-refractivity contribution in [1.82, 2.24) is 0 Å². The third kappa shape index (κ3) is 13.5. The molecule has 0 saturated carbocycles. The van der Waals surface area contributed by atoms with Gasteiger partial charge in [-0.15, -0.1) is 0 Å². The van der Waals surface area contributed by atoms with Crippen LogP contribution in [-0.4, -0.2) is 22.8 Å². The van der Waals surface area contributed by atoms with E-state index in [1.165, 1.54) is 89.9 Å². The molecule has 1 aliphatic rings. The molecule has 1 unspecified atom stereocenters. The first-order valence-electron chi connectivity index (χ1n) is 19.1. The van der Waals surface area contributed by atoms with Crippen molar-refractivity contribution in [2.45, 2.75) is 202 Å². The maximum atomic E-state index is 13.1. The highest BCUT2D eigenvalue weighted by Gasteiger charge is 2.44. The van der Waals surface area contributed by atoms with E-state index in [1.807, 2.05) is 20.8 Å². The van der Waals surface area contributed by atoms with Crippen LogP contribution in [0.15, 0.2) is 0 Å². The van der Waals surface area contributed by atoms with Gasteiger partial charge in [0.25, 0.3) is 0 Å². The van der Waals surface area contributed by atoms with Gasteiger partial charge in [-0.05, 0) is 81.4 Å². The predicted molar refractivity (Wildman–Crippen MR) is 191 cm³/mol. The Morgan fingerprint density at radius 3 is 1.89 bits per heavy atom. The lowest BCUT2D eigenvalue weighted by Crippen LogP contribution is -2.51. The van der Waals surface area contributed by atoms with Crippen LogP contribution in [0.5, 0.6) is 11.5 Å². The van der Waals surface area contributed by atoms with Gasteiger partial charge in [0.05, 0.1) is 0 Å². The molecule has 2 rings (SSSR count). The van der Waals surface area contributed by atoms with Crippen LogP contribution < -0.4 is 4.74 Å². The molecular formula is C41H72O4. The second-order valence-corrected chi connectivity index (χ2v) is 15.6. The van der Waals surface area contributed by atoms with Gasteiger partial charge in [-0.25, -0.2) is 0 Å². The van der Waals surface area contributed by atoms with E-state index in [4.69, 9.17) is 9.47 Å². The fourth-order valence-electron chi connectivity index (χ4n) is 7.21. The van der Waals surface area contributed by atoms with Crippen LogP contribution in [0.4, 0.5) is 0 Å². The van der Waals surface area contributed by atoms with Gasteiger partial charge in [0.2, 0.25) is 0 Å². The van der Waals surface area contributed by atoms with E-state index < -0.39 is 5.60 Å². The maximum absolute atomic E-state index is 13.1. The standard InChI is InChI=1S/C41H72O4/c1-10-11-12-13-14-15-16-17-18-27-38(42)44-37-29-36-35(8)39(43)33(6)34(7)40(36)45-41(37,9)28-21-26-32(5)25-20-24-31(4)23-19-22-30(2)3/h30-32,37,43H,10-29H2,1-9H3/t31-,32+,37?,41-/m0/s1. The van der Waals surface area contributed by atoms with Crippen LogP contribution >= 0.6 is 0 Å².